The molecule has 3 heteroatoms. The molecule has 1 heterocycles. The molecule has 1 saturated heterocycles. The minimum Gasteiger partial charge on any atom is -0.353 e. The van der Waals surface area contributed by atoms with Crippen LogP contribution < -0.4 is 0 Å². The van der Waals surface area contributed by atoms with E-state index in [2.05, 4.69) is 6.92 Å². The molecule has 2 unspecified atom stereocenters. The second-order valence-corrected chi connectivity index (χ2v) is 5.85. The monoisotopic (exact) mass is 280 g/mol. The Morgan fingerprint density at radius 3 is 2.29 bits per heavy atom. The summed E-state index contributed by atoms with van der Waals surface area (Å²) in [4.78, 5) is 25.6. The van der Waals surface area contributed by atoms with Crippen molar-refractivity contribution in [2.45, 2.75) is 37.9 Å². The maximum atomic E-state index is 12.9. The maximum absolute atomic E-state index is 12.9. The number of ether oxygens (including phenoxy) is 1. The molecular weight excluding hydrogens is 264 g/mol. The number of carbonyl (C=O) groups excluding carboxylic acids is 2. The molecule has 0 N–H and O–H groups in total. The van der Waals surface area contributed by atoms with Gasteiger partial charge < -0.3 is 4.74 Å². The van der Waals surface area contributed by atoms with E-state index in [1.165, 1.54) is 0 Å². The van der Waals surface area contributed by atoms with Crippen LogP contribution >= 0.6 is 0 Å². The highest BCUT2D eigenvalue weighted by atomic mass is 16.6. The summed E-state index contributed by atoms with van der Waals surface area (Å²) in [7, 11) is 0. The third kappa shape index (κ3) is 1.28. The number of fused-ring (bicyclic) bond motifs is 3. The quantitative estimate of drug-likeness (QED) is 0.781. The molecule has 1 aliphatic heterocycles. The third-order valence-electron chi connectivity index (χ3n) is 5.10. The Labute approximate surface area is 123 Å². The molecular formula is C18H16O3. The number of hydrogen-bond acceptors (Lipinski definition) is 3. The van der Waals surface area contributed by atoms with Gasteiger partial charge in [-0.2, -0.15) is 0 Å². The predicted octanol–water partition coefficient (Wildman–Crippen LogP) is 3.26. The maximum Gasteiger partial charge on any atom is 0.194 e. The Kier molecular flexibility index (Phi) is 2.30. The lowest BCUT2D eigenvalue weighted by atomic mass is 9.69. The Balaban J connectivity index is 1.97. The van der Waals surface area contributed by atoms with E-state index in [1.807, 2.05) is 13.0 Å². The number of rotatable bonds is 2. The molecule has 21 heavy (non-hydrogen) atoms. The van der Waals surface area contributed by atoms with Crippen LogP contribution in [0.2, 0.25) is 0 Å². The lowest BCUT2D eigenvalue weighted by molar-refractivity contribution is 0.0961. The van der Waals surface area contributed by atoms with E-state index in [1.54, 1.807) is 30.3 Å². The number of ketones is 2. The van der Waals surface area contributed by atoms with Crippen molar-refractivity contribution in [1.29, 1.82) is 0 Å². The molecule has 3 nitrogen and oxygen atoms in total. The highest BCUT2D eigenvalue weighted by molar-refractivity contribution is 6.29. The minimum atomic E-state index is -0.605. The van der Waals surface area contributed by atoms with Crippen LogP contribution in [0.3, 0.4) is 0 Å². The zero-order valence-corrected chi connectivity index (χ0v) is 12.1. The van der Waals surface area contributed by atoms with Crippen molar-refractivity contribution < 1.29 is 14.3 Å². The van der Waals surface area contributed by atoms with Gasteiger partial charge in [0.05, 0.1) is 0 Å². The summed E-state index contributed by atoms with van der Waals surface area (Å²) in [6.07, 6.45) is 5.26. The van der Waals surface area contributed by atoms with Crippen molar-refractivity contribution in [2.75, 3.05) is 0 Å². The smallest absolute Gasteiger partial charge is 0.194 e. The normalized spacial score (nSPS) is 32.7. The fourth-order valence-corrected chi connectivity index (χ4v) is 3.91. The zero-order valence-electron chi connectivity index (χ0n) is 12.1. The van der Waals surface area contributed by atoms with E-state index in [9.17, 15) is 9.59 Å². The van der Waals surface area contributed by atoms with Gasteiger partial charge in [-0.25, -0.2) is 0 Å². The van der Waals surface area contributed by atoms with E-state index in [0.717, 1.165) is 6.42 Å². The molecule has 1 aromatic rings. The summed E-state index contributed by atoms with van der Waals surface area (Å²) < 4.78 is 6.04. The van der Waals surface area contributed by atoms with Gasteiger partial charge in [0, 0.05) is 22.3 Å². The van der Waals surface area contributed by atoms with Crippen molar-refractivity contribution in [1.82, 2.24) is 0 Å². The second-order valence-electron chi connectivity index (χ2n) is 5.85. The molecule has 0 bridgehead atoms. The summed E-state index contributed by atoms with van der Waals surface area (Å²) in [6.45, 7) is 4.07. The summed E-state index contributed by atoms with van der Waals surface area (Å²) in [5, 5.41) is 0. The van der Waals surface area contributed by atoms with Crippen LogP contribution in [-0.4, -0.2) is 22.8 Å². The van der Waals surface area contributed by atoms with Crippen molar-refractivity contribution >= 4 is 11.6 Å². The van der Waals surface area contributed by atoms with Gasteiger partial charge in [0.15, 0.2) is 11.6 Å². The molecule has 0 aromatic heterocycles. The summed E-state index contributed by atoms with van der Waals surface area (Å²) in [5.41, 5.74) is 1.08. The Bertz CT molecular complexity index is 755. The predicted molar refractivity (Wildman–Crippen MR) is 78.4 cm³/mol. The van der Waals surface area contributed by atoms with E-state index < -0.39 is 11.2 Å². The molecule has 0 radical (unpaired) electrons. The van der Waals surface area contributed by atoms with E-state index in [-0.39, 0.29) is 11.6 Å². The van der Waals surface area contributed by atoms with Gasteiger partial charge in [-0.15, -0.1) is 0 Å². The zero-order chi connectivity index (χ0) is 14.8. The van der Waals surface area contributed by atoms with Crippen LogP contribution in [0.25, 0.3) is 0 Å². The summed E-state index contributed by atoms with van der Waals surface area (Å²) >= 11 is 0. The second kappa shape index (κ2) is 3.80. The van der Waals surface area contributed by atoms with Crippen LogP contribution in [0.4, 0.5) is 0 Å². The largest absolute Gasteiger partial charge is 0.353 e. The topological polar surface area (TPSA) is 46.7 Å². The molecule has 1 aromatic carbocycles. The van der Waals surface area contributed by atoms with Crippen LogP contribution in [0.5, 0.6) is 0 Å². The van der Waals surface area contributed by atoms with Gasteiger partial charge in [-0.3, -0.25) is 9.59 Å². The minimum absolute atomic E-state index is 0.0540. The number of Topliss-reactive ketones (excluding diaryl/α,β-unsaturated/α-hetero) is 2. The number of epoxide rings is 1. The highest BCUT2D eigenvalue weighted by Gasteiger charge is 2.71. The molecule has 0 amide bonds. The first-order chi connectivity index (χ1) is 10.1. The van der Waals surface area contributed by atoms with Crippen molar-refractivity contribution in [3.8, 4) is 0 Å². The van der Waals surface area contributed by atoms with Gasteiger partial charge in [-0.1, -0.05) is 44.2 Å². The first kappa shape index (κ1) is 12.7. The number of benzene rings is 1. The highest BCUT2D eigenvalue weighted by Crippen LogP contribution is 2.62. The Hall–Kier alpha value is -2.00. The third-order valence-corrected chi connectivity index (χ3v) is 5.10. The molecule has 2 atom stereocenters. The fourth-order valence-electron chi connectivity index (χ4n) is 3.91. The summed E-state index contributed by atoms with van der Waals surface area (Å²) in [6, 6.07) is 7.05. The average Bonchev–Trinajstić information content (AvgIpc) is 3.22. The Morgan fingerprint density at radius 2 is 1.67 bits per heavy atom. The van der Waals surface area contributed by atoms with Gasteiger partial charge in [-0.05, 0) is 18.9 Å². The average molecular weight is 280 g/mol. The summed E-state index contributed by atoms with van der Waals surface area (Å²) in [5.74, 6) is -0.119. The first-order valence-corrected chi connectivity index (χ1v) is 7.43. The molecule has 2 aliphatic carbocycles. The van der Waals surface area contributed by atoms with Crippen LogP contribution in [0.1, 0.15) is 47.4 Å². The van der Waals surface area contributed by atoms with E-state index in [4.69, 9.17) is 4.74 Å². The number of allylic oxidation sites excluding steroid dienone is 2. The van der Waals surface area contributed by atoms with Crippen molar-refractivity contribution in [3.05, 3.63) is 58.7 Å². The van der Waals surface area contributed by atoms with Crippen molar-refractivity contribution in [3.63, 3.8) is 0 Å². The lowest BCUT2D eigenvalue weighted by Crippen LogP contribution is -2.37. The van der Waals surface area contributed by atoms with E-state index in [0.29, 0.717) is 28.7 Å². The van der Waals surface area contributed by atoms with E-state index >= 15 is 0 Å². The van der Waals surface area contributed by atoms with Gasteiger partial charge in [0.2, 0.25) is 0 Å². The standard InChI is InChI=1S/C18H16O3/c1-3-17-10-9-13-14(18(17,4-2)21-17)16(20)12-8-6-5-7-11(12)15(13)19/h5-10H,3-4H2,1-2H3. The molecule has 1 fully saturated rings. The van der Waals surface area contributed by atoms with Crippen molar-refractivity contribution in [2.24, 2.45) is 0 Å². The first-order valence-electron chi connectivity index (χ1n) is 7.43. The fraction of sp³-hybridized carbons (Fsp3) is 0.333. The SMILES string of the molecule is CCC12C=CC3=C(C(=O)c4ccccc4C3=O)C1(CC)O2. The van der Waals surface area contributed by atoms with Crippen LogP contribution in [0.15, 0.2) is 47.6 Å². The molecule has 0 spiro atoms. The molecule has 0 saturated carbocycles. The number of hydrogen-bond donors (Lipinski definition) is 0. The van der Waals surface area contributed by atoms with Gasteiger partial charge in [0.25, 0.3) is 0 Å². The molecule has 4 rings (SSSR count). The molecule has 3 aliphatic rings. The Morgan fingerprint density at radius 1 is 1.00 bits per heavy atom. The van der Waals surface area contributed by atoms with Crippen LogP contribution in [-0.2, 0) is 4.74 Å². The lowest BCUT2D eigenvalue weighted by Gasteiger charge is -2.28. The van der Waals surface area contributed by atoms with Gasteiger partial charge in [0.1, 0.15) is 11.2 Å². The van der Waals surface area contributed by atoms with Crippen LogP contribution in [0, 0.1) is 0 Å². The number of carbonyl (C=O) groups is 2. The molecule has 106 valence electrons. The van der Waals surface area contributed by atoms with Gasteiger partial charge >= 0.3 is 0 Å².